The van der Waals surface area contributed by atoms with E-state index in [1.54, 1.807) is 0 Å². The van der Waals surface area contributed by atoms with Crippen LogP contribution >= 0.6 is 0 Å². The summed E-state index contributed by atoms with van der Waals surface area (Å²) in [6, 6.07) is 151. The molecule has 18 aromatic carbocycles. The Bertz CT molecular complexity index is 10000. The Morgan fingerprint density at radius 1 is 0.196 bits per heavy atom. The lowest BCUT2D eigenvalue weighted by molar-refractivity contribution is 0.663. The molecule has 0 N–H and O–H groups in total. The minimum atomic E-state index is -0.289. The summed E-state index contributed by atoms with van der Waals surface area (Å²) in [5, 5.41) is 15.6. The normalized spacial score (nSPS) is 13.2. The minimum Gasteiger partial charge on any atom is -0.276 e. The van der Waals surface area contributed by atoms with Crippen LogP contribution in [0.1, 0.15) is 74.9 Å². The van der Waals surface area contributed by atoms with Crippen LogP contribution in [0.25, 0.3) is 250 Å². The molecule has 27 aromatic rings. The van der Waals surface area contributed by atoms with Crippen molar-refractivity contribution in [3.8, 4) is 141 Å². The van der Waals surface area contributed by atoms with E-state index in [0.717, 1.165) is 139 Å². The Hall–Kier alpha value is -18.9. The maximum Gasteiger partial charge on any atom is 0.235 e. The maximum atomic E-state index is 5.57. The SMILES string of the molecule is CC1(C)c2ccccc2-c2c1c1c(c3ccccc23)c2ccncc2n1-c1nc(-c2ccc(-c3ccccc3)cc2)c2ccccc2n1.CC1(C)c2ccccc2-c2c1c1c(c3ccccc23)c2ccncc2n1-c1nc(-c2ccccc2)cc(-c2cc(-c3ccccc3)cc(-c3ccccc3)c2)n1.CC1(C)c2ccccc2-c2c1c1c(c3ccccc23)c2ccncc2n1-c1nc(-c2ccccc2)cc(-c2ccccc2)n1. The van der Waals surface area contributed by atoms with Crippen LogP contribution in [0.5, 0.6) is 0 Å². The van der Waals surface area contributed by atoms with Crippen molar-refractivity contribution >= 4 is 109 Å². The third kappa shape index (κ3) is 13.6. The van der Waals surface area contributed by atoms with Crippen LogP contribution in [0.3, 0.4) is 0 Å². The molecule has 0 aliphatic heterocycles. The number of fused-ring (bicyclic) bond motifs is 31. The molecular weight excluding hydrogens is 1800 g/mol. The fourth-order valence-electron chi connectivity index (χ4n) is 24.6. The Kier molecular flexibility index (Phi) is 20.1. The molecule has 3 aliphatic rings. The molecule has 0 saturated carbocycles. The van der Waals surface area contributed by atoms with E-state index < -0.39 is 0 Å². The molecule has 0 saturated heterocycles. The molecule has 12 heteroatoms. The predicted molar refractivity (Wildman–Crippen MR) is 609 cm³/mol. The molecule has 30 rings (SSSR count). The number of hydrogen-bond donors (Lipinski definition) is 0. The molecule has 12 nitrogen and oxygen atoms in total. The van der Waals surface area contributed by atoms with E-state index in [9.17, 15) is 0 Å². The second-order valence-corrected chi connectivity index (χ2v) is 40.6. The topological polar surface area (TPSA) is 131 Å². The van der Waals surface area contributed by atoms with Crippen molar-refractivity contribution in [1.82, 2.24) is 58.6 Å². The quantitative estimate of drug-likeness (QED) is 0.124. The number of nitrogens with zero attached hydrogens (tertiary/aromatic N) is 12. The standard InChI is InChI=1S/C52H36N4.C44H30N4.C40H28N4/c1-52(2)43-25-15-14-24-41(43)47-39-22-12-13-23-40(39)48-42-26-27-53-32-46(42)56(50(48)49(47)52)51-54-44(35-20-10-5-11-21-35)31-45(55-51)38-29-36(33-16-6-3-7-17-33)28-37(30-38)34-18-8-4-9-19-34;1-44(2)35-18-10-8-16-32(35)38-30-14-6-7-15-31(30)39-34-24-25-45-26-37(34)48(42(39)40(38)44)43-46-36-19-11-9-17-33(36)41(47-43)29-22-20-28(21-23-29)27-12-4-3-5-13-27;1-40(2)31-20-12-11-19-29(31)35-27-17-9-10-18-28(27)36-30-21-22-41-24-34(30)44(38(36)37(35)40)39-42-32(25-13-5-3-6-14-25)23-33(43-39)26-15-7-4-8-16-26/h3-32H,1-2H3;3-26H,1-2H3;3-24H,1-2H3. The highest BCUT2D eigenvalue weighted by Crippen LogP contribution is 2.61. The lowest BCUT2D eigenvalue weighted by Crippen LogP contribution is -2.17. The van der Waals surface area contributed by atoms with Crippen molar-refractivity contribution in [2.24, 2.45) is 0 Å². The molecule has 0 spiro atoms. The first-order valence-corrected chi connectivity index (χ1v) is 50.7. The van der Waals surface area contributed by atoms with Gasteiger partial charge in [-0.25, -0.2) is 29.9 Å². The summed E-state index contributed by atoms with van der Waals surface area (Å²) < 4.78 is 6.85. The van der Waals surface area contributed by atoms with Gasteiger partial charge in [-0.2, -0.15) is 0 Å². The zero-order chi connectivity index (χ0) is 98.8. The van der Waals surface area contributed by atoms with Crippen molar-refractivity contribution in [2.45, 2.75) is 57.8 Å². The van der Waals surface area contributed by atoms with E-state index in [-0.39, 0.29) is 16.2 Å². The van der Waals surface area contributed by atoms with Gasteiger partial charge in [-0.05, 0) is 187 Å². The van der Waals surface area contributed by atoms with Crippen LogP contribution in [0.2, 0.25) is 0 Å². The molecule has 3 aliphatic carbocycles. The van der Waals surface area contributed by atoms with Gasteiger partial charge in [0.05, 0.1) is 85.7 Å². The lowest BCUT2D eigenvalue weighted by atomic mass is 9.80. The van der Waals surface area contributed by atoms with Crippen LogP contribution < -0.4 is 0 Å². The highest BCUT2D eigenvalue weighted by molar-refractivity contribution is 6.30. The molecule has 0 fully saturated rings. The van der Waals surface area contributed by atoms with E-state index in [0.29, 0.717) is 17.8 Å². The number of benzene rings is 18. The van der Waals surface area contributed by atoms with Crippen molar-refractivity contribution in [1.29, 1.82) is 0 Å². The van der Waals surface area contributed by atoms with Gasteiger partial charge in [-0.15, -0.1) is 0 Å². The van der Waals surface area contributed by atoms with Crippen molar-refractivity contribution < 1.29 is 0 Å². The summed E-state index contributed by atoms with van der Waals surface area (Å²) in [6.07, 6.45) is 11.6. The number of pyridine rings is 3. The number of aromatic nitrogens is 12. The first kappa shape index (κ1) is 86.9. The summed E-state index contributed by atoms with van der Waals surface area (Å²) >= 11 is 0. The van der Waals surface area contributed by atoms with Gasteiger partial charge in [-0.3, -0.25) is 28.7 Å². The minimum absolute atomic E-state index is 0.243. The third-order valence-corrected chi connectivity index (χ3v) is 31.2. The van der Waals surface area contributed by atoms with E-state index in [2.05, 4.69) is 478 Å². The monoisotopic (exact) mass is 1890 g/mol. The zero-order valence-corrected chi connectivity index (χ0v) is 82.2. The fraction of sp³-hybridized carbons (Fsp3) is 0.0662. The van der Waals surface area contributed by atoms with Crippen LogP contribution in [0, 0.1) is 0 Å². The zero-order valence-electron chi connectivity index (χ0n) is 82.2. The van der Waals surface area contributed by atoms with Gasteiger partial charge in [0.2, 0.25) is 17.8 Å². The van der Waals surface area contributed by atoms with Gasteiger partial charge in [0.1, 0.15) is 0 Å². The molecule has 0 atom stereocenters. The first-order chi connectivity index (χ1) is 72.7. The first-order valence-electron chi connectivity index (χ1n) is 50.7. The summed E-state index contributed by atoms with van der Waals surface area (Å²) in [7, 11) is 0. The lowest BCUT2D eigenvalue weighted by Gasteiger charge is -2.24. The number of para-hydroxylation sites is 1. The van der Waals surface area contributed by atoms with E-state index in [4.69, 9.17) is 34.9 Å². The highest BCUT2D eigenvalue weighted by atomic mass is 15.2. The second-order valence-electron chi connectivity index (χ2n) is 40.6. The number of hydrogen-bond acceptors (Lipinski definition) is 9. The van der Waals surface area contributed by atoms with Crippen LogP contribution in [0.15, 0.2) is 462 Å². The maximum absolute atomic E-state index is 5.57. The average molecular weight is 1900 g/mol. The number of rotatable bonds is 11. The van der Waals surface area contributed by atoms with Crippen molar-refractivity contribution in [3.05, 3.63) is 495 Å². The van der Waals surface area contributed by atoms with Crippen LogP contribution in [-0.4, -0.2) is 58.6 Å². The fourth-order valence-corrected chi connectivity index (χ4v) is 24.6. The summed E-state index contributed by atoms with van der Waals surface area (Å²) in [6.45, 7) is 14.1. The third-order valence-electron chi connectivity index (χ3n) is 31.2. The smallest absolute Gasteiger partial charge is 0.235 e. The summed E-state index contributed by atoms with van der Waals surface area (Å²) in [5.41, 5.74) is 38.7. The van der Waals surface area contributed by atoms with Gasteiger partial charge in [0.15, 0.2) is 0 Å². The molecule has 0 radical (unpaired) electrons. The Morgan fingerprint density at radius 3 is 0.811 bits per heavy atom. The van der Waals surface area contributed by atoms with Gasteiger partial charge in [-0.1, -0.05) is 412 Å². The Balaban J connectivity index is 0.000000108. The Labute approximate surface area is 855 Å². The van der Waals surface area contributed by atoms with Gasteiger partial charge >= 0.3 is 0 Å². The van der Waals surface area contributed by atoms with E-state index in [1.165, 1.54) is 126 Å². The molecule has 0 bridgehead atoms. The highest BCUT2D eigenvalue weighted by Gasteiger charge is 2.45. The van der Waals surface area contributed by atoms with Crippen LogP contribution in [0.4, 0.5) is 0 Å². The second kappa shape index (κ2) is 34.2. The largest absolute Gasteiger partial charge is 0.276 e. The van der Waals surface area contributed by atoms with E-state index >= 15 is 0 Å². The molecular formula is C136H94N12. The van der Waals surface area contributed by atoms with Gasteiger partial charge in [0, 0.05) is 100 Å². The Morgan fingerprint density at radius 2 is 0.459 bits per heavy atom. The predicted octanol–water partition coefficient (Wildman–Crippen LogP) is 33.8. The van der Waals surface area contributed by atoms with Crippen LogP contribution in [-0.2, 0) is 16.2 Å². The van der Waals surface area contributed by atoms with E-state index in [1.807, 2.05) is 49.3 Å². The molecule has 9 aromatic heterocycles. The summed E-state index contributed by atoms with van der Waals surface area (Å²) in [4.78, 5) is 46.4. The summed E-state index contributed by atoms with van der Waals surface area (Å²) in [5.74, 6) is 1.90. The molecule has 148 heavy (non-hydrogen) atoms. The molecule has 698 valence electrons. The average Bonchev–Trinajstić information content (AvgIpc) is 1.52. The molecule has 0 unspecified atom stereocenters. The van der Waals surface area contributed by atoms with Crippen molar-refractivity contribution in [3.63, 3.8) is 0 Å². The molecule has 0 amide bonds. The van der Waals surface area contributed by atoms with Gasteiger partial charge < -0.3 is 0 Å². The van der Waals surface area contributed by atoms with Gasteiger partial charge in [0.25, 0.3) is 0 Å². The molecule has 9 heterocycles. The van der Waals surface area contributed by atoms with Crippen molar-refractivity contribution in [2.75, 3.05) is 0 Å².